The maximum absolute atomic E-state index is 5.56. The summed E-state index contributed by atoms with van der Waals surface area (Å²) < 4.78 is 24.0. The Morgan fingerprint density at radius 3 is 2.67 bits per heavy atom. The molecule has 0 fully saturated rings. The van der Waals surface area contributed by atoms with Crippen LogP contribution in [0.4, 0.5) is 0 Å². The van der Waals surface area contributed by atoms with Crippen molar-refractivity contribution >= 4 is 11.8 Å². The summed E-state index contributed by atoms with van der Waals surface area (Å²) in [6, 6.07) is 23.5. The van der Waals surface area contributed by atoms with Gasteiger partial charge in [-0.1, -0.05) is 65.4 Å². The van der Waals surface area contributed by atoms with Crippen molar-refractivity contribution in [2.45, 2.75) is 17.5 Å². The normalized spacial score (nSPS) is 12.1. The first kappa shape index (κ1) is 22.2. The Morgan fingerprint density at radius 2 is 1.78 bits per heavy atom. The van der Waals surface area contributed by atoms with Crippen LogP contribution in [-0.2, 0) is 12.3 Å². The van der Waals surface area contributed by atoms with E-state index in [1.807, 2.05) is 72.8 Å². The minimum atomic E-state index is 0.239. The molecule has 1 aliphatic heterocycles. The number of fused-ring (bicyclic) bond motifs is 1. The number of ether oxygens (including phenoxy) is 3. The fourth-order valence-corrected chi connectivity index (χ4v) is 4.71. The lowest BCUT2D eigenvalue weighted by atomic mass is 10.2. The smallest absolute Gasteiger partial charge is 0.237 e. The van der Waals surface area contributed by atoms with Gasteiger partial charge in [0.15, 0.2) is 22.5 Å². The van der Waals surface area contributed by atoms with Crippen LogP contribution in [0, 0.1) is 0 Å². The zero-order chi connectivity index (χ0) is 24.3. The Labute approximate surface area is 211 Å². The number of hydrogen-bond donors (Lipinski definition) is 0. The minimum Gasteiger partial charge on any atom is -0.496 e. The average molecular weight is 500 g/mol. The van der Waals surface area contributed by atoms with E-state index >= 15 is 0 Å². The summed E-state index contributed by atoms with van der Waals surface area (Å²) in [5.41, 5.74) is 2.81. The molecule has 0 amide bonds. The van der Waals surface area contributed by atoms with Crippen LogP contribution in [0.15, 0.2) is 82.5 Å². The Bertz CT molecular complexity index is 1500. The van der Waals surface area contributed by atoms with E-state index in [2.05, 4.69) is 24.9 Å². The number of benzene rings is 3. The van der Waals surface area contributed by atoms with Crippen molar-refractivity contribution in [2.75, 3.05) is 13.9 Å². The molecule has 1 aliphatic rings. The molecule has 0 aliphatic carbocycles. The number of rotatable bonds is 8. The van der Waals surface area contributed by atoms with E-state index < -0.39 is 0 Å². The van der Waals surface area contributed by atoms with Crippen molar-refractivity contribution in [1.82, 2.24) is 24.9 Å². The number of thioether (sulfide) groups is 1. The summed E-state index contributed by atoms with van der Waals surface area (Å²) >= 11 is 1.48. The van der Waals surface area contributed by atoms with E-state index in [9.17, 15) is 0 Å². The van der Waals surface area contributed by atoms with Crippen molar-refractivity contribution in [3.63, 3.8) is 0 Å². The third-order valence-electron chi connectivity index (χ3n) is 5.67. The van der Waals surface area contributed by atoms with Crippen LogP contribution in [0.5, 0.6) is 17.2 Å². The standard InChI is InChI=1S/C26H21N5O4S/c1-32-20-10-6-5-9-19(20)24-27-23(35-30-24)15-36-26-29-28-25(18-7-3-2-4-8-18)31(26)14-17-11-12-21-22(13-17)34-16-33-21/h2-13H,14-16H2,1H3. The zero-order valence-corrected chi connectivity index (χ0v) is 20.1. The van der Waals surface area contributed by atoms with E-state index in [1.54, 1.807) is 7.11 Å². The lowest BCUT2D eigenvalue weighted by Gasteiger charge is -2.10. The predicted molar refractivity (Wildman–Crippen MR) is 133 cm³/mol. The van der Waals surface area contributed by atoms with Crippen LogP contribution in [0.3, 0.4) is 0 Å². The molecule has 0 spiro atoms. The molecule has 6 rings (SSSR count). The molecule has 0 saturated heterocycles. The maximum Gasteiger partial charge on any atom is 0.237 e. The highest BCUT2D eigenvalue weighted by atomic mass is 32.2. The molecule has 9 nitrogen and oxygen atoms in total. The topological polar surface area (TPSA) is 97.3 Å². The molecular weight excluding hydrogens is 478 g/mol. The van der Waals surface area contributed by atoms with Crippen LogP contribution in [0.1, 0.15) is 11.5 Å². The fraction of sp³-hybridized carbons (Fsp3) is 0.154. The molecular formula is C26H21N5O4S. The van der Waals surface area contributed by atoms with Crippen LogP contribution >= 0.6 is 11.8 Å². The highest BCUT2D eigenvalue weighted by Crippen LogP contribution is 2.34. The van der Waals surface area contributed by atoms with Gasteiger partial charge in [0.25, 0.3) is 0 Å². The van der Waals surface area contributed by atoms with Crippen LogP contribution in [0.2, 0.25) is 0 Å². The Kier molecular flexibility index (Phi) is 6.00. The number of nitrogens with zero attached hydrogens (tertiary/aromatic N) is 5. The second-order valence-electron chi connectivity index (χ2n) is 7.95. The van der Waals surface area contributed by atoms with Crippen molar-refractivity contribution in [3.8, 4) is 40.0 Å². The van der Waals surface area contributed by atoms with Crippen molar-refractivity contribution < 1.29 is 18.7 Å². The summed E-state index contributed by atoms with van der Waals surface area (Å²) in [4.78, 5) is 4.56. The van der Waals surface area contributed by atoms with E-state index in [1.165, 1.54) is 11.8 Å². The average Bonchev–Trinajstić information content (AvgIpc) is 3.68. The van der Waals surface area contributed by atoms with Gasteiger partial charge < -0.3 is 18.7 Å². The molecule has 3 aromatic carbocycles. The molecule has 0 unspecified atom stereocenters. The third-order valence-corrected chi connectivity index (χ3v) is 6.62. The maximum atomic E-state index is 5.56. The number of para-hydroxylation sites is 1. The first-order valence-electron chi connectivity index (χ1n) is 11.2. The Balaban J connectivity index is 1.27. The second kappa shape index (κ2) is 9.74. The van der Waals surface area contributed by atoms with Gasteiger partial charge in [0, 0.05) is 5.56 Å². The Hall–Kier alpha value is -4.31. The number of methoxy groups -OCH3 is 1. The van der Waals surface area contributed by atoms with Crippen LogP contribution in [0.25, 0.3) is 22.8 Å². The van der Waals surface area contributed by atoms with Gasteiger partial charge in [0.2, 0.25) is 18.5 Å². The summed E-state index contributed by atoms with van der Waals surface area (Å²) in [6.07, 6.45) is 0. The molecule has 180 valence electrons. The quantitative estimate of drug-likeness (QED) is 0.271. The highest BCUT2D eigenvalue weighted by Gasteiger charge is 2.19. The summed E-state index contributed by atoms with van der Waals surface area (Å²) in [7, 11) is 1.62. The van der Waals surface area contributed by atoms with Gasteiger partial charge >= 0.3 is 0 Å². The molecule has 0 saturated carbocycles. The summed E-state index contributed by atoms with van der Waals surface area (Å²) in [6.45, 7) is 0.801. The van der Waals surface area contributed by atoms with Crippen molar-refractivity contribution in [3.05, 3.63) is 84.3 Å². The van der Waals surface area contributed by atoms with Gasteiger partial charge in [-0.3, -0.25) is 4.57 Å². The van der Waals surface area contributed by atoms with Gasteiger partial charge in [-0.15, -0.1) is 10.2 Å². The molecule has 0 atom stereocenters. The van der Waals surface area contributed by atoms with Crippen molar-refractivity contribution in [1.29, 1.82) is 0 Å². The van der Waals surface area contributed by atoms with Crippen LogP contribution < -0.4 is 14.2 Å². The van der Waals surface area contributed by atoms with Crippen LogP contribution in [-0.4, -0.2) is 38.8 Å². The van der Waals surface area contributed by atoms with Gasteiger partial charge in [0.05, 0.1) is 25.0 Å². The molecule has 2 aromatic heterocycles. The SMILES string of the molecule is COc1ccccc1-c1noc(CSc2nnc(-c3ccccc3)n2Cc2ccc3c(c2)OCO3)n1. The lowest BCUT2D eigenvalue weighted by molar-refractivity contribution is 0.174. The zero-order valence-electron chi connectivity index (χ0n) is 19.3. The molecule has 0 radical (unpaired) electrons. The first-order chi connectivity index (χ1) is 17.8. The molecule has 0 bridgehead atoms. The number of aromatic nitrogens is 5. The second-order valence-corrected chi connectivity index (χ2v) is 8.89. The molecule has 0 N–H and O–H groups in total. The van der Waals surface area contributed by atoms with Gasteiger partial charge in [-0.05, 0) is 29.8 Å². The van der Waals surface area contributed by atoms with E-state index in [0.29, 0.717) is 29.8 Å². The largest absolute Gasteiger partial charge is 0.496 e. The molecule has 36 heavy (non-hydrogen) atoms. The van der Waals surface area contributed by atoms with E-state index in [4.69, 9.17) is 18.7 Å². The van der Waals surface area contributed by atoms with Gasteiger partial charge in [-0.2, -0.15) is 4.98 Å². The molecule has 3 heterocycles. The predicted octanol–water partition coefficient (Wildman–Crippen LogP) is 5.07. The minimum absolute atomic E-state index is 0.239. The Morgan fingerprint density at radius 1 is 0.944 bits per heavy atom. The third kappa shape index (κ3) is 4.38. The fourth-order valence-electron chi connectivity index (χ4n) is 3.94. The summed E-state index contributed by atoms with van der Waals surface area (Å²) in [5, 5.41) is 13.8. The highest BCUT2D eigenvalue weighted by molar-refractivity contribution is 7.98. The summed E-state index contributed by atoms with van der Waals surface area (Å²) in [5.74, 6) is 4.36. The van der Waals surface area contributed by atoms with Gasteiger partial charge in [-0.25, -0.2) is 0 Å². The van der Waals surface area contributed by atoms with E-state index in [-0.39, 0.29) is 6.79 Å². The molecule has 10 heteroatoms. The van der Waals surface area contributed by atoms with E-state index in [0.717, 1.165) is 39.2 Å². The lowest BCUT2D eigenvalue weighted by Crippen LogP contribution is -2.04. The molecule has 5 aromatic rings. The number of hydrogen-bond acceptors (Lipinski definition) is 9. The first-order valence-corrected chi connectivity index (χ1v) is 12.2. The monoisotopic (exact) mass is 499 g/mol. The van der Waals surface area contributed by atoms with Gasteiger partial charge in [0.1, 0.15) is 5.75 Å². The van der Waals surface area contributed by atoms with Crippen molar-refractivity contribution in [2.24, 2.45) is 0 Å².